The van der Waals surface area contributed by atoms with Crippen molar-refractivity contribution in [3.05, 3.63) is 58.6 Å². The third-order valence-electron chi connectivity index (χ3n) is 4.11. The van der Waals surface area contributed by atoms with Gasteiger partial charge in [0.05, 0.1) is 11.9 Å². The Morgan fingerprint density at radius 1 is 1.21 bits per heavy atom. The fourth-order valence-corrected chi connectivity index (χ4v) is 3.79. The summed E-state index contributed by atoms with van der Waals surface area (Å²) in [5, 5.41) is 3.49. The third kappa shape index (κ3) is 3.59. The molecule has 0 radical (unpaired) electrons. The van der Waals surface area contributed by atoms with Crippen molar-refractivity contribution < 1.29 is 18.7 Å². The van der Waals surface area contributed by atoms with Gasteiger partial charge < -0.3 is 14.8 Å². The molecule has 3 aromatic rings. The molecular formula is C19H15BrFN3O3S. The van der Waals surface area contributed by atoms with E-state index >= 15 is 0 Å². The standard InChI is InChI=1S/C19H15BrFN3O3S/c1-28-19-22-10-15(24(19)12-4-2-11(21)3-5-12)18(25)23-14-9-17-16(8-13(14)20)26-6-7-27-17/h2-5,8-10H,6-7H2,1H3,(H,23,25). The largest absolute Gasteiger partial charge is 0.486 e. The van der Waals surface area contributed by atoms with Crippen LogP contribution >= 0.6 is 27.7 Å². The molecule has 2 heterocycles. The van der Waals surface area contributed by atoms with Crippen LogP contribution in [-0.4, -0.2) is 34.9 Å². The molecule has 4 rings (SSSR count). The zero-order valence-corrected chi connectivity index (χ0v) is 17.1. The summed E-state index contributed by atoms with van der Waals surface area (Å²) in [5.41, 5.74) is 1.53. The number of halogens is 2. The summed E-state index contributed by atoms with van der Waals surface area (Å²) in [5.74, 6) is 0.494. The second kappa shape index (κ2) is 7.84. The van der Waals surface area contributed by atoms with Gasteiger partial charge in [0.25, 0.3) is 5.91 Å². The fourth-order valence-electron chi connectivity index (χ4n) is 2.82. The first-order valence-electron chi connectivity index (χ1n) is 8.35. The molecule has 0 fully saturated rings. The summed E-state index contributed by atoms with van der Waals surface area (Å²) in [6, 6.07) is 9.37. The number of rotatable bonds is 4. The topological polar surface area (TPSA) is 65.4 Å². The van der Waals surface area contributed by atoms with Crippen LogP contribution < -0.4 is 14.8 Å². The van der Waals surface area contributed by atoms with Gasteiger partial charge in [0.1, 0.15) is 24.7 Å². The molecule has 1 amide bonds. The van der Waals surface area contributed by atoms with Crippen LogP contribution in [0.1, 0.15) is 10.5 Å². The SMILES string of the molecule is CSc1ncc(C(=O)Nc2cc3c(cc2Br)OCCO3)n1-c1ccc(F)cc1. The van der Waals surface area contributed by atoms with Crippen molar-refractivity contribution in [1.82, 2.24) is 9.55 Å². The van der Waals surface area contributed by atoms with Gasteiger partial charge in [-0.25, -0.2) is 9.37 Å². The zero-order chi connectivity index (χ0) is 19.7. The minimum Gasteiger partial charge on any atom is -0.486 e. The van der Waals surface area contributed by atoms with E-state index in [1.165, 1.54) is 30.1 Å². The molecule has 1 aliphatic rings. The lowest BCUT2D eigenvalue weighted by Crippen LogP contribution is -2.18. The number of hydrogen-bond acceptors (Lipinski definition) is 5. The minimum absolute atomic E-state index is 0.331. The molecular weight excluding hydrogens is 449 g/mol. The summed E-state index contributed by atoms with van der Waals surface area (Å²) in [6.07, 6.45) is 3.36. The number of benzene rings is 2. The van der Waals surface area contributed by atoms with Gasteiger partial charge >= 0.3 is 0 Å². The number of fused-ring (bicyclic) bond motifs is 1. The van der Waals surface area contributed by atoms with Gasteiger partial charge in [0, 0.05) is 22.3 Å². The Morgan fingerprint density at radius 2 is 1.89 bits per heavy atom. The lowest BCUT2D eigenvalue weighted by Gasteiger charge is -2.20. The van der Waals surface area contributed by atoms with Gasteiger partial charge in [0.15, 0.2) is 16.7 Å². The highest BCUT2D eigenvalue weighted by Crippen LogP contribution is 2.38. The Kier molecular flexibility index (Phi) is 5.27. The maximum atomic E-state index is 13.3. The first kappa shape index (κ1) is 18.8. The van der Waals surface area contributed by atoms with Gasteiger partial charge in [-0.1, -0.05) is 11.8 Å². The van der Waals surface area contributed by atoms with Gasteiger partial charge in [0.2, 0.25) is 0 Å². The molecule has 0 aliphatic carbocycles. The Hall–Kier alpha value is -2.52. The Balaban J connectivity index is 1.68. The molecule has 28 heavy (non-hydrogen) atoms. The lowest BCUT2D eigenvalue weighted by molar-refractivity contribution is 0.102. The lowest BCUT2D eigenvalue weighted by atomic mass is 10.2. The van der Waals surface area contributed by atoms with E-state index in [0.29, 0.717) is 51.4 Å². The highest BCUT2D eigenvalue weighted by molar-refractivity contribution is 9.10. The van der Waals surface area contributed by atoms with Gasteiger partial charge in [-0.15, -0.1) is 0 Å². The van der Waals surface area contributed by atoms with E-state index in [0.717, 1.165) is 0 Å². The summed E-state index contributed by atoms with van der Waals surface area (Å²) in [6.45, 7) is 0.940. The quantitative estimate of drug-likeness (QED) is 0.576. The molecule has 1 N–H and O–H groups in total. The number of carbonyl (C=O) groups excluding carboxylic acids is 1. The molecule has 0 saturated heterocycles. The van der Waals surface area contributed by atoms with Crippen molar-refractivity contribution in [3.8, 4) is 17.2 Å². The van der Waals surface area contributed by atoms with Gasteiger partial charge in [-0.05, 0) is 46.5 Å². The predicted octanol–water partition coefficient (Wildman–Crippen LogP) is 4.52. The highest BCUT2D eigenvalue weighted by Gasteiger charge is 2.21. The molecule has 9 heteroatoms. The number of nitrogens with zero attached hydrogens (tertiary/aromatic N) is 2. The highest BCUT2D eigenvalue weighted by atomic mass is 79.9. The Bertz CT molecular complexity index is 1040. The average Bonchev–Trinajstić information content (AvgIpc) is 3.13. The number of amides is 1. The Morgan fingerprint density at radius 3 is 2.57 bits per heavy atom. The van der Waals surface area contributed by atoms with Crippen molar-refractivity contribution in [2.45, 2.75) is 5.16 Å². The van der Waals surface area contributed by atoms with Crippen molar-refractivity contribution in [1.29, 1.82) is 0 Å². The molecule has 0 spiro atoms. The molecule has 0 saturated carbocycles. The Labute approximate surface area is 173 Å². The van der Waals surface area contributed by atoms with Crippen LogP contribution in [0.4, 0.5) is 10.1 Å². The average molecular weight is 464 g/mol. The van der Waals surface area contributed by atoms with Crippen LogP contribution in [0.3, 0.4) is 0 Å². The fraction of sp³-hybridized carbons (Fsp3) is 0.158. The van der Waals surface area contributed by atoms with E-state index < -0.39 is 0 Å². The first-order valence-corrected chi connectivity index (χ1v) is 10.4. The summed E-state index contributed by atoms with van der Waals surface area (Å²) in [7, 11) is 0. The summed E-state index contributed by atoms with van der Waals surface area (Å²) < 4.78 is 26.8. The van der Waals surface area contributed by atoms with E-state index in [1.807, 2.05) is 6.26 Å². The normalized spacial score (nSPS) is 12.7. The van der Waals surface area contributed by atoms with Crippen LogP contribution in [0.25, 0.3) is 5.69 Å². The van der Waals surface area contributed by atoms with Crippen LogP contribution in [0.15, 0.2) is 52.2 Å². The first-order chi connectivity index (χ1) is 13.6. The number of nitrogens with one attached hydrogen (secondary N) is 1. The van der Waals surface area contributed by atoms with Crippen LogP contribution in [0.2, 0.25) is 0 Å². The van der Waals surface area contributed by atoms with E-state index in [9.17, 15) is 9.18 Å². The van der Waals surface area contributed by atoms with Crippen molar-refractivity contribution >= 4 is 39.3 Å². The van der Waals surface area contributed by atoms with E-state index in [-0.39, 0.29) is 11.7 Å². The molecule has 6 nitrogen and oxygen atoms in total. The van der Waals surface area contributed by atoms with Crippen molar-refractivity contribution in [3.63, 3.8) is 0 Å². The number of carbonyl (C=O) groups is 1. The second-order valence-corrected chi connectivity index (χ2v) is 7.50. The monoisotopic (exact) mass is 463 g/mol. The van der Waals surface area contributed by atoms with E-state index in [2.05, 4.69) is 26.2 Å². The predicted molar refractivity (Wildman–Crippen MR) is 108 cm³/mol. The van der Waals surface area contributed by atoms with Gasteiger partial charge in [-0.2, -0.15) is 0 Å². The molecule has 2 aromatic carbocycles. The van der Waals surface area contributed by atoms with E-state index in [4.69, 9.17) is 9.47 Å². The number of hydrogen-bond donors (Lipinski definition) is 1. The number of imidazole rings is 1. The number of anilines is 1. The second-order valence-electron chi connectivity index (χ2n) is 5.87. The molecule has 144 valence electrons. The maximum Gasteiger partial charge on any atom is 0.274 e. The van der Waals surface area contributed by atoms with Gasteiger partial charge in [-0.3, -0.25) is 9.36 Å². The number of ether oxygens (including phenoxy) is 2. The van der Waals surface area contributed by atoms with Crippen LogP contribution in [-0.2, 0) is 0 Å². The molecule has 0 atom stereocenters. The summed E-state index contributed by atoms with van der Waals surface area (Å²) >= 11 is 4.84. The zero-order valence-electron chi connectivity index (χ0n) is 14.7. The minimum atomic E-state index is -0.352. The summed E-state index contributed by atoms with van der Waals surface area (Å²) in [4.78, 5) is 17.3. The van der Waals surface area contributed by atoms with E-state index in [1.54, 1.807) is 28.8 Å². The third-order valence-corrected chi connectivity index (χ3v) is 5.42. The van der Waals surface area contributed by atoms with Crippen LogP contribution in [0, 0.1) is 5.82 Å². The number of aromatic nitrogens is 2. The molecule has 1 aromatic heterocycles. The number of thioether (sulfide) groups is 1. The smallest absolute Gasteiger partial charge is 0.274 e. The van der Waals surface area contributed by atoms with Crippen molar-refractivity contribution in [2.75, 3.05) is 24.8 Å². The van der Waals surface area contributed by atoms with Crippen molar-refractivity contribution in [2.24, 2.45) is 0 Å². The molecule has 0 bridgehead atoms. The van der Waals surface area contributed by atoms with Crippen LogP contribution in [0.5, 0.6) is 11.5 Å². The molecule has 1 aliphatic heterocycles. The maximum absolute atomic E-state index is 13.3. The molecule has 0 unspecified atom stereocenters.